The van der Waals surface area contributed by atoms with Crippen LogP contribution in [0.5, 0.6) is 0 Å². The largest absolute Gasteiger partial charge is 0.382 e. The molecule has 0 spiro atoms. The Morgan fingerprint density at radius 3 is 2.89 bits per heavy atom. The van der Waals surface area contributed by atoms with E-state index < -0.39 is 0 Å². The molecule has 1 aromatic rings. The standard InChI is InChI=1S/C15H19ClFN/c1-10-5-11(2)7-12(6-10)9-18-15-4-3-13(16)8-14(15)17/h3-5,8,10,12,18H,6-7,9H2,1-2H3. The molecule has 2 rings (SSSR count). The van der Waals surface area contributed by atoms with Gasteiger partial charge >= 0.3 is 0 Å². The molecule has 1 aliphatic rings. The van der Waals surface area contributed by atoms with E-state index in [9.17, 15) is 4.39 Å². The van der Waals surface area contributed by atoms with Crippen molar-refractivity contribution in [3.63, 3.8) is 0 Å². The Balaban J connectivity index is 1.94. The van der Waals surface area contributed by atoms with Crippen molar-refractivity contribution in [2.24, 2.45) is 11.8 Å². The number of benzene rings is 1. The van der Waals surface area contributed by atoms with E-state index in [0.29, 0.717) is 22.5 Å². The number of hydrogen-bond acceptors (Lipinski definition) is 1. The Hall–Kier alpha value is -1.02. The molecule has 0 fully saturated rings. The van der Waals surface area contributed by atoms with E-state index in [-0.39, 0.29) is 5.82 Å². The van der Waals surface area contributed by atoms with E-state index in [1.54, 1.807) is 12.1 Å². The molecule has 1 nitrogen and oxygen atoms in total. The van der Waals surface area contributed by atoms with Gasteiger partial charge in [-0.05, 0) is 49.8 Å². The fourth-order valence-corrected chi connectivity index (χ4v) is 2.89. The highest BCUT2D eigenvalue weighted by Crippen LogP contribution is 2.28. The average molecular weight is 268 g/mol. The molecular formula is C15H19ClFN. The van der Waals surface area contributed by atoms with Gasteiger partial charge in [0.2, 0.25) is 0 Å². The second kappa shape index (κ2) is 5.75. The van der Waals surface area contributed by atoms with Crippen LogP contribution in [0.3, 0.4) is 0 Å². The van der Waals surface area contributed by atoms with Crippen molar-refractivity contribution in [1.82, 2.24) is 0 Å². The van der Waals surface area contributed by atoms with Crippen molar-refractivity contribution in [2.75, 3.05) is 11.9 Å². The van der Waals surface area contributed by atoms with Crippen LogP contribution in [0.2, 0.25) is 5.02 Å². The van der Waals surface area contributed by atoms with Gasteiger partial charge in [-0.2, -0.15) is 0 Å². The molecular weight excluding hydrogens is 249 g/mol. The molecule has 0 saturated heterocycles. The molecule has 0 saturated carbocycles. The first kappa shape index (κ1) is 13.4. The van der Waals surface area contributed by atoms with Crippen LogP contribution < -0.4 is 5.32 Å². The molecule has 0 radical (unpaired) electrons. The van der Waals surface area contributed by atoms with Gasteiger partial charge in [0.05, 0.1) is 5.69 Å². The highest BCUT2D eigenvalue weighted by Gasteiger charge is 2.18. The summed E-state index contributed by atoms with van der Waals surface area (Å²) in [5.41, 5.74) is 1.98. The van der Waals surface area contributed by atoms with Gasteiger partial charge in [0.15, 0.2) is 0 Å². The second-order valence-corrected chi connectivity index (χ2v) is 5.74. The molecule has 98 valence electrons. The summed E-state index contributed by atoms with van der Waals surface area (Å²) >= 11 is 5.73. The first-order valence-electron chi connectivity index (χ1n) is 6.41. The maximum atomic E-state index is 13.6. The molecule has 0 aliphatic heterocycles. The smallest absolute Gasteiger partial charge is 0.147 e. The minimum absolute atomic E-state index is 0.279. The van der Waals surface area contributed by atoms with Crippen LogP contribution in [0.15, 0.2) is 29.8 Å². The first-order valence-corrected chi connectivity index (χ1v) is 6.78. The Morgan fingerprint density at radius 2 is 2.22 bits per heavy atom. The molecule has 1 N–H and O–H groups in total. The second-order valence-electron chi connectivity index (χ2n) is 5.30. The molecule has 0 amide bonds. The quantitative estimate of drug-likeness (QED) is 0.770. The van der Waals surface area contributed by atoms with Gasteiger partial charge in [-0.25, -0.2) is 4.39 Å². The van der Waals surface area contributed by atoms with Crippen LogP contribution in [0.1, 0.15) is 26.7 Å². The normalized spacial score (nSPS) is 23.7. The SMILES string of the molecule is CC1=CC(C)CC(CNc2ccc(Cl)cc2F)C1. The number of hydrogen-bond donors (Lipinski definition) is 1. The lowest BCUT2D eigenvalue weighted by atomic mass is 9.84. The molecule has 2 unspecified atom stereocenters. The minimum atomic E-state index is -0.279. The van der Waals surface area contributed by atoms with Gasteiger partial charge in [-0.15, -0.1) is 0 Å². The Bertz CT molecular complexity index is 456. The topological polar surface area (TPSA) is 12.0 Å². The minimum Gasteiger partial charge on any atom is -0.382 e. The van der Waals surface area contributed by atoms with Crippen molar-refractivity contribution in [3.8, 4) is 0 Å². The lowest BCUT2D eigenvalue weighted by Gasteiger charge is -2.26. The van der Waals surface area contributed by atoms with Gasteiger partial charge in [0.1, 0.15) is 5.82 Å². The van der Waals surface area contributed by atoms with Gasteiger partial charge in [-0.1, -0.05) is 30.2 Å². The molecule has 2 atom stereocenters. The van der Waals surface area contributed by atoms with E-state index >= 15 is 0 Å². The molecule has 0 bridgehead atoms. The maximum absolute atomic E-state index is 13.6. The van der Waals surface area contributed by atoms with Gasteiger partial charge < -0.3 is 5.32 Å². The fourth-order valence-electron chi connectivity index (χ4n) is 2.73. The maximum Gasteiger partial charge on any atom is 0.147 e. The highest BCUT2D eigenvalue weighted by atomic mass is 35.5. The number of rotatable bonds is 3. The average Bonchev–Trinajstić information content (AvgIpc) is 2.26. The zero-order valence-electron chi connectivity index (χ0n) is 10.8. The number of halogens is 2. The third kappa shape index (κ3) is 3.49. The van der Waals surface area contributed by atoms with Crippen LogP contribution in [-0.4, -0.2) is 6.54 Å². The van der Waals surface area contributed by atoms with E-state index in [2.05, 4.69) is 25.2 Å². The van der Waals surface area contributed by atoms with Crippen LogP contribution in [0.4, 0.5) is 10.1 Å². The molecule has 3 heteroatoms. The van der Waals surface area contributed by atoms with Crippen LogP contribution >= 0.6 is 11.6 Å². The fraction of sp³-hybridized carbons (Fsp3) is 0.467. The molecule has 18 heavy (non-hydrogen) atoms. The van der Waals surface area contributed by atoms with Crippen molar-refractivity contribution in [1.29, 1.82) is 0 Å². The van der Waals surface area contributed by atoms with Gasteiger partial charge in [0.25, 0.3) is 0 Å². The van der Waals surface area contributed by atoms with Crippen LogP contribution in [0.25, 0.3) is 0 Å². The monoisotopic (exact) mass is 267 g/mol. The van der Waals surface area contributed by atoms with E-state index in [1.807, 2.05) is 0 Å². The van der Waals surface area contributed by atoms with E-state index in [0.717, 1.165) is 13.0 Å². The summed E-state index contributed by atoms with van der Waals surface area (Å²) < 4.78 is 13.6. The summed E-state index contributed by atoms with van der Waals surface area (Å²) in [5.74, 6) is 0.930. The lowest BCUT2D eigenvalue weighted by molar-refractivity contribution is 0.420. The number of anilines is 1. The van der Waals surface area contributed by atoms with Crippen molar-refractivity contribution in [3.05, 3.63) is 40.7 Å². The summed E-state index contributed by atoms with van der Waals surface area (Å²) in [7, 11) is 0. The summed E-state index contributed by atoms with van der Waals surface area (Å²) in [6, 6.07) is 4.76. The van der Waals surface area contributed by atoms with Gasteiger partial charge in [0, 0.05) is 11.6 Å². The first-order chi connectivity index (χ1) is 8.54. The Labute approximate surface area is 113 Å². The van der Waals surface area contributed by atoms with Gasteiger partial charge in [-0.3, -0.25) is 0 Å². The summed E-state index contributed by atoms with van der Waals surface area (Å²) in [4.78, 5) is 0. The number of allylic oxidation sites excluding steroid dienone is 2. The Morgan fingerprint density at radius 1 is 1.44 bits per heavy atom. The third-order valence-corrected chi connectivity index (χ3v) is 3.63. The van der Waals surface area contributed by atoms with Crippen molar-refractivity contribution < 1.29 is 4.39 Å². The molecule has 0 aromatic heterocycles. The Kier molecular flexibility index (Phi) is 4.28. The molecule has 1 aliphatic carbocycles. The van der Waals surface area contributed by atoms with Crippen LogP contribution in [-0.2, 0) is 0 Å². The summed E-state index contributed by atoms with van der Waals surface area (Å²) in [6.45, 7) is 5.22. The number of nitrogens with one attached hydrogen (secondary N) is 1. The van der Waals surface area contributed by atoms with Crippen molar-refractivity contribution >= 4 is 17.3 Å². The predicted octanol–water partition coefficient (Wildman–Crippen LogP) is 4.88. The zero-order chi connectivity index (χ0) is 13.1. The highest BCUT2D eigenvalue weighted by molar-refractivity contribution is 6.30. The molecule has 1 aromatic carbocycles. The van der Waals surface area contributed by atoms with Crippen molar-refractivity contribution in [2.45, 2.75) is 26.7 Å². The lowest BCUT2D eigenvalue weighted by Crippen LogP contribution is -2.20. The van der Waals surface area contributed by atoms with Crippen LogP contribution in [0, 0.1) is 17.7 Å². The summed E-state index contributed by atoms with van der Waals surface area (Å²) in [6.07, 6.45) is 4.60. The van der Waals surface area contributed by atoms with E-state index in [4.69, 9.17) is 11.6 Å². The molecule has 0 heterocycles. The predicted molar refractivity (Wildman–Crippen MR) is 75.5 cm³/mol. The third-order valence-electron chi connectivity index (χ3n) is 3.40. The van der Waals surface area contributed by atoms with E-state index in [1.165, 1.54) is 18.1 Å². The summed E-state index contributed by atoms with van der Waals surface area (Å²) in [5, 5.41) is 3.62. The zero-order valence-corrected chi connectivity index (χ0v) is 11.6.